The van der Waals surface area contributed by atoms with Gasteiger partial charge in [-0.2, -0.15) is 5.10 Å². The summed E-state index contributed by atoms with van der Waals surface area (Å²) in [5.74, 6) is -1.14. The number of hydrogen-bond acceptors (Lipinski definition) is 2. The summed E-state index contributed by atoms with van der Waals surface area (Å²) in [5.41, 5.74) is -0.154. The molecule has 0 spiro atoms. The van der Waals surface area contributed by atoms with Crippen LogP contribution in [-0.2, 0) is 0 Å². The van der Waals surface area contributed by atoms with E-state index in [4.69, 9.17) is 16.7 Å². The zero-order chi connectivity index (χ0) is 7.72. The third kappa shape index (κ3) is 1.30. The van der Waals surface area contributed by atoms with E-state index in [0.29, 0.717) is 0 Å². The zero-order valence-electron chi connectivity index (χ0n) is 4.58. The Morgan fingerprint density at radius 2 is 2.50 bits per heavy atom. The van der Waals surface area contributed by atoms with E-state index < -0.39 is 5.97 Å². The highest BCUT2D eigenvalue weighted by Gasteiger charge is 2.12. The standard InChI is InChI=1S/C4H2BrClN2O2/c5-8-1-2(6)3(7-8)4(9)10/h1H,(H,9,10). The second-order valence-corrected chi connectivity index (χ2v) is 2.65. The molecule has 0 aliphatic heterocycles. The average Bonchev–Trinajstić information content (AvgIpc) is 2.10. The molecule has 6 heteroatoms. The van der Waals surface area contributed by atoms with Gasteiger partial charge in [0.2, 0.25) is 0 Å². The van der Waals surface area contributed by atoms with E-state index >= 15 is 0 Å². The summed E-state index contributed by atoms with van der Waals surface area (Å²) >= 11 is 8.35. The summed E-state index contributed by atoms with van der Waals surface area (Å²) in [4.78, 5) is 10.3. The quantitative estimate of drug-likeness (QED) is 0.786. The Hall–Kier alpha value is -0.550. The number of carboxylic acids is 1. The monoisotopic (exact) mass is 224 g/mol. The van der Waals surface area contributed by atoms with Crippen LogP contribution in [0.25, 0.3) is 0 Å². The Balaban J connectivity index is 3.15. The van der Waals surface area contributed by atoms with Crippen LogP contribution in [0.4, 0.5) is 0 Å². The highest BCUT2D eigenvalue weighted by atomic mass is 79.9. The van der Waals surface area contributed by atoms with Crippen molar-refractivity contribution in [2.24, 2.45) is 0 Å². The van der Waals surface area contributed by atoms with Crippen LogP contribution in [0.5, 0.6) is 0 Å². The third-order valence-electron chi connectivity index (χ3n) is 0.844. The normalized spacial score (nSPS) is 9.80. The number of rotatable bonds is 1. The van der Waals surface area contributed by atoms with Crippen LogP contribution >= 0.6 is 27.7 Å². The largest absolute Gasteiger partial charge is 0.476 e. The molecule has 0 amide bonds. The number of carbonyl (C=O) groups is 1. The molecule has 54 valence electrons. The van der Waals surface area contributed by atoms with Gasteiger partial charge in [0, 0.05) is 0 Å². The van der Waals surface area contributed by atoms with Gasteiger partial charge in [-0.3, -0.25) is 0 Å². The first-order valence-electron chi connectivity index (χ1n) is 2.26. The van der Waals surface area contributed by atoms with Crippen LogP contribution in [0.2, 0.25) is 5.02 Å². The molecular weight excluding hydrogens is 223 g/mol. The SMILES string of the molecule is O=C(O)c1nn(Br)cc1Cl. The second kappa shape index (κ2) is 2.59. The minimum Gasteiger partial charge on any atom is -0.476 e. The van der Waals surface area contributed by atoms with Crippen LogP contribution in [-0.4, -0.2) is 19.9 Å². The number of aromatic nitrogens is 2. The van der Waals surface area contributed by atoms with Gasteiger partial charge in [0.1, 0.15) is 0 Å². The Morgan fingerprint density at radius 1 is 1.90 bits per heavy atom. The van der Waals surface area contributed by atoms with Gasteiger partial charge in [0.25, 0.3) is 0 Å². The molecule has 0 fully saturated rings. The van der Waals surface area contributed by atoms with E-state index in [1.807, 2.05) is 0 Å². The number of nitrogens with zero attached hydrogens (tertiary/aromatic N) is 2. The van der Waals surface area contributed by atoms with Crippen molar-refractivity contribution in [1.82, 2.24) is 8.81 Å². The summed E-state index contributed by atoms with van der Waals surface area (Å²) in [6.45, 7) is 0. The first-order valence-corrected chi connectivity index (χ1v) is 3.34. The second-order valence-electron chi connectivity index (χ2n) is 1.52. The molecule has 1 aromatic rings. The van der Waals surface area contributed by atoms with Crippen molar-refractivity contribution in [3.63, 3.8) is 0 Å². The number of halogens is 2. The summed E-state index contributed by atoms with van der Waals surface area (Å²) in [5, 5.41) is 12.0. The van der Waals surface area contributed by atoms with Crippen LogP contribution in [0.15, 0.2) is 6.20 Å². The van der Waals surface area contributed by atoms with Gasteiger partial charge in [-0.25, -0.2) is 8.50 Å². The summed E-state index contributed by atoms with van der Waals surface area (Å²) in [7, 11) is 0. The van der Waals surface area contributed by atoms with Crippen LogP contribution in [0.1, 0.15) is 10.5 Å². The molecule has 0 aliphatic carbocycles. The van der Waals surface area contributed by atoms with Crippen LogP contribution < -0.4 is 0 Å². The lowest BCUT2D eigenvalue weighted by Crippen LogP contribution is -1.97. The number of aromatic carboxylic acids is 1. The smallest absolute Gasteiger partial charge is 0.358 e. The fraction of sp³-hybridized carbons (Fsp3) is 0. The average molecular weight is 225 g/mol. The molecule has 1 N–H and O–H groups in total. The lowest BCUT2D eigenvalue weighted by molar-refractivity contribution is 0.0690. The van der Waals surface area contributed by atoms with E-state index in [-0.39, 0.29) is 10.7 Å². The Kier molecular flexibility index (Phi) is 1.96. The van der Waals surface area contributed by atoms with E-state index in [0.717, 1.165) is 0 Å². The third-order valence-corrected chi connectivity index (χ3v) is 1.48. The van der Waals surface area contributed by atoms with E-state index in [1.165, 1.54) is 9.90 Å². The summed E-state index contributed by atoms with van der Waals surface area (Å²) in [6.07, 6.45) is 1.35. The highest BCUT2D eigenvalue weighted by molar-refractivity contribution is 9.08. The van der Waals surface area contributed by atoms with Crippen LogP contribution in [0.3, 0.4) is 0 Å². The maximum Gasteiger partial charge on any atom is 0.358 e. The van der Waals surface area contributed by atoms with Crippen molar-refractivity contribution in [3.8, 4) is 0 Å². The van der Waals surface area contributed by atoms with Crippen LogP contribution in [0, 0.1) is 0 Å². The number of carboxylic acid groups (broad SMARTS) is 1. The van der Waals surface area contributed by atoms with Gasteiger partial charge in [-0.1, -0.05) is 11.6 Å². The van der Waals surface area contributed by atoms with Crippen molar-refractivity contribution in [2.45, 2.75) is 0 Å². The molecular formula is C4H2BrClN2O2. The molecule has 0 radical (unpaired) electrons. The molecule has 1 heterocycles. The molecule has 0 bridgehead atoms. The van der Waals surface area contributed by atoms with Crippen molar-refractivity contribution in [1.29, 1.82) is 0 Å². The molecule has 1 rings (SSSR count). The zero-order valence-corrected chi connectivity index (χ0v) is 6.93. The molecule has 4 nitrogen and oxygen atoms in total. The van der Waals surface area contributed by atoms with Crippen molar-refractivity contribution >= 4 is 33.7 Å². The minimum absolute atomic E-state index is 0.115. The van der Waals surface area contributed by atoms with Gasteiger partial charge < -0.3 is 5.11 Å². The van der Waals surface area contributed by atoms with Gasteiger partial charge in [-0.15, -0.1) is 0 Å². The molecule has 0 atom stereocenters. The summed E-state index contributed by atoms with van der Waals surface area (Å²) < 4.78 is 1.17. The molecule has 0 saturated heterocycles. The van der Waals surface area contributed by atoms with Gasteiger partial charge in [0.05, 0.1) is 27.4 Å². The Bertz CT molecular complexity index is 272. The van der Waals surface area contributed by atoms with Gasteiger partial charge in [-0.05, 0) is 0 Å². The lowest BCUT2D eigenvalue weighted by Gasteiger charge is -1.82. The van der Waals surface area contributed by atoms with E-state index in [9.17, 15) is 4.79 Å². The Morgan fingerprint density at radius 3 is 2.70 bits per heavy atom. The molecule has 10 heavy (non-hydrogen) atoms. The maximum absolute atomic E-state index is 10.3. The predicted molar refractivity (Wildman–Crippen MR) is 38.5 cm³/mol. The topological polar surface area (TPSA) is 55.1 Å². The molecule has 0 saturated carbocycles. The molecule has 0 aliphatic rings. The molecule has 0 unspecified atom stereocenters. The van der Waals surface area contributed by atoms with Gasteiger partial charge >= 0.3 is 5.97 Å². The predicted octanol–water partition coefficient (Wildman–Crippen LogP) is 1.39. The molecule has 0 aromatic carbocycles. The van der Waals surface area contributed by atoms with Gasteiger partial charge in [0.15, 0.2) is 5.69 Å². The van der Waals surface area contributed by atoms with E-state index in [1.54, 1.807) is 0 Å². The fourth-order valence-electron chi connectivity index (χ4n) is 0.472. The summed E-state index contributed by atoms with van der Waals surface area (Å²) in [6, 6.07) is 0. The first-order chi connectivity index (χ1) is 4.61. The number of hydrogen-bond donors (Lipinski definition) is 1. The van der Waals surface area contributed by atoms with E-state index in [2.05, 4.69) is 21.2 Å². The van der Waals surface area contributed by atoms with Crippen molar-refractivity contribution in [3.05, 3.63) is 16.9 Å². The first kappa shape index (κ1) is 7.56. The van der Waals surface area contributed by atoms with Crippen molar-refractivity contribution < 1.29 is 9.90 Å². The van der Waals surface area contributed by atoms with Crippen molar-refractivity contribution in [2.75, 3.05) is 0 Å². The Labute approximate surface area is 69.7 Å². The lowest BCUT2D eigenvalue weighted by atomic mass is 10.4. The highest BCUT2D eigenvalue weighted by Crippen LogP contribution is 2.14. The minimum atomic E-state index is -1.14. The maximum atomic E-state index is 10.3. The molecule has 1 aromatic heterocycles. The fourth-order valence-corrected chi connectivity index (χ4v) is 1.16.